The lowest BCUT2D eigenvalue weighted by atomic mass is 10.1. The molecule has 4 aliphatic rings. The average molecular weight is 801 g/mol. The number of hydrogen-bond donors (Lipinski definition) is 2. The highest BCUT2D eigenvalue weighted by atomic mass is 35.5. The average Bonchev–Trinajstić information content (AvgIpc) is 3.99. The summed E-state index contributed by atoms with van der Waals surface area (Å²) in [7, 11) is 5.88. The highest BCUT2D eigenvalue weighted by Crippen LogP contribution is 2.52. The van der Waals surface area contributed by atoms with Gasteiger partial charge in [0.25, 0.3) is 0 Å². The number of ether oxygens (including phenoxy) is 7. The molecule has 6 rings (SSSR count). The van der Waals surface area contributed by atoms with E-state index in [-0.39, 0.29) is 36.6 Å². The van der Waals surface area contributed by atoms with Gasteiger partial charge in [-0.1, -0.05) is 31.5 Å². The van der Waals surface area contributed by atoms with Gasteiger partial charge in [0.1, 0.15) is 53.0 Å². The Morgan fingerprint density at radius 3 is 2.39 bits per heavy atom. The van der Waals surface area contributed by atoms with Crippen LogP contribution in [-0.4, -0.2) is 118 Å². The van der Waals surface area contributed by atoms with Crippen molar-refractivity contribution in [3.8, 4) is 11.5 Å². The standard InChI is InChI=1S/C40H53ClN4O11/c1-8-24-18-40(24,38(48)53-7)44-36(46)29-17-27(19-45(29)37(47)34(21(2)3)43-39(49)56-26-14-22-13-23(22)15-26)55-31-16-25(11-12-50-4)42-35-28(31)9-10-30(33(35)41)54-20-32(51-5)52-6/h9-10,16,22-24,26-27,29,32,34H,2,8,11-15,17-20H2,1,3-7H3,(H,43,49)(H,44,46)/t22-,23+,24-,26+,27-,29+,34+,40-/m1/s1. The van der Waals surface area contributed by atoms with Crippen LogP contribution in [0, 0.1) is 17.8 Å². The fourth-order valence-corrected chi connectivity index (χ4v) is 8.39. The monoisotopic (exact) mass is 800 g/mol. The van der Waals surface area contributed by atoms with Gasteiger partial charge in [0.05, 0.1) is 25.8 Å². The molecular formula is C40H53ClN4O11. The third-order valence-electron chi connectivity index (χ3n) is 11.5. The van der Waals surface area contributed by atoms with Gasteiger partial charge >= 0.3 is 12.1 Å². The molecule has 0 spiro atoms. The predicted molar refractivity (Wildman–Crippen MR) is 204 cm³/mol. The first-order valence-electron chi connectivity index (χ1n) is 19.2. The quantitative estimate of drug-likeness (QED) is 0.124. The first-order chi connectivity index (χ1) is 26.9. The summed E-state index contributed by atoms with van der Waals surface area (Å²) in [5.74, 6) is 0.248. The second-order valence-electron chi connectivity index (χ2n) is 15.3. The van der Waals surface area contributed by atoms with E-state index in [9.17, 15) is 19.2 Å². The lowest BCUT2D eigenvalue weighted by Gasteiger charge is -2.30. The highest BCUT2D eigenvalue weighted by Gasteiger charge is 2.62. The Hall–Kier alpha value is -4.18. The number of aromatic nitrogens is 1. The molecule has 3 aliphatic carbocycles. The lowest BCUT2D eigenvalue weighted by Crippen LogP contribution is -2.56. The maximum Gasteiger partial charge on any atom is 0.408 e. The fourth-order valence-electron chi connectivity index (χ4n) is 8.13. The lowest BCUT2D eigenvalue weighted by molar-refractivity contribution is -0.148. The number of halogens is 1. The van der Waals surface area contributed by atoms with E-state index in [1.807, 2.05) is 6.92 Å². The largest absolute Gasteiger partial charge is 0.488 e. The highest BCUT2D eigenvalue weighted by molar-refractivity contribution is 6.36. The van der Waals surface area contributed by atoms with Crippen molar-refractivity contribution in [2.45, 2.75) is 94.9 Å². The SMILES string of the molecule is C=C(C)[C@H](NC(=O)O[C@@H]1C[C@@H]2C[C@@H]2C1)C(=O)N1C[C@H](Oc2cc(CCOC)nc3c(Cl)c(OCC(OC)OC)ccc23)C[C@H]1C(=O)N[C@]1(C(=O)OC)C[C@H]1CC. The van der Waals surface area contributed by atoms with Crippen molar-refractivity contribution in [2.75, 3.05) is 48.2 Å². The fraction of sp³-hybridized carbons (Fsp3) is 0.625. The summed E-state index contributed by atoms with van der Waals surface area (Å²) >= 11 is 6.88. The van der Waals surface area contributed by atoms with Gasteiger partial charge in [0, 0.05) is 51.3 Å². The smallest absolute Gasteiger partial charge is 0.408 e. The second kappa shape index (κ2) is 17.5. The molecule has 306 valence electrons. The second-order valence-corrected chi connectivity index (χ2v) is 15.6. The molecule has 3 saturated carbocycles. The van der Waals surface area contributed by atoms with Crippen LogP contribution in [0.5, 0.6) is 11.5 Å². The van der Waals surface area contributed by atoms with Crippen molar-refractivity contribution in [3.05, 3.63) is 41.1 Å². The Labute approximate surface area is 332 Å². The molecule has 8 atom stereocenters. The van der Waals surface area contributed by atoms with Crippen LogP contribution in [0.4, 0.5) is 4.79 Å². The van der Waals surface area contributed by atoms with Gasteiger partial charge in [-0.15, -0.1) is 0 Å². The van der Waals surface area contributed by atoms with E-state index in [4.69, 9.17) is 49.7 Å². The van der Waals surface area contributed by atoms with Crippen molar-refractivity contribution in [3.63, 3.8) is 0 Å². The number of alkyl carbamates (subject to hydrolysis) is 1. The molecule has 2 heterocycles. The normalized spacial score (nSPS) is 26.7. The van der Waals surface area contributed by atoms with Crippen LogP contribution in [0.1, 0.15) is 58.1 Å². The Balaban J connectivity index is 1.28. The first-order valence-corrected chi connectivity index (χ1v) is 19.5. The molecule has 1 saturated heterocycles. The third-order valence-corrected chi connectivity index (χ3v) is 11.8. The molecule has 4 fully saturated rings. The van der Waals surface area contributed by atoms with Gasteiger partial charge in [0.2, 0.25) is 11.8 Å². The molecule has 3 amide bonds. The zero-order chi connectivity index (χ0) is 40.3. The Morgan fingerprint density at radius 1 is 1.04 bits per heavy atom. The first kappa shape index (κ1) is 41.5. The van der Waals surface area contributed by atoms with Gasteiger partial charge in [-0.25, -0.2) is 9.59 Å². The van der Waals surface area contributed by atoms with E-state index in [0.29, 0.717) is 71.4 Å². The maximum atomic E-state index is 14.4. The van der Waals surface area contributed by atoms with Crippen LogP contribution in [0.25, 0.3) is 10.9 Å². The summed E-state index contributed by atoms with van der Waals surface area (Å²) in [6, 6.07) is 3.01. The summed E-state index contributed by atoms with van der Waals surface area (Å²) in [6.07, 6.45) is 2.16. The summed E-state index contributed by atoms with van der Waals surface area (Å²) in [5, 5.41) is 6.46. The minimum atomic E-state index is -1.19. The Morgan fingerprint density at radius 2 is 1.77 bits per heavy atom. The number of nitrogens with zero attached hydrogens (tertiary/aromatic N) is 2. The number of likely N-dealkylation sites (tertiary alicyclic amines) is 1. The molecular weight excluding hydrogens is 748 g/mol. The molecule has 1 aromatic carbocycles. The zero-order valence-corrected chi connectivity index (χ0v) is 33.6. The number of benzene rings is 1. The van der Waals surface area contributed by atoms with Gasteiger partial charge in [0.15, 0.2) is 6.29 Å². The van der Waals surface area contributed by atoms with Crippen LogP contribution < -0.4 is 20.1 Å². The number of carbonyl (C=O) groups is 4. The van der Waals surface area contributed by atoms with E-state index in [1.165, 1.54) is 32.7 Å². The van der Waals surface area contributed by atoms with Crippen LogP contribution in [0.15, 0.2) is 30.4 Å². The number of esters is 1. The summed E-state index contributed by atoms with van der Waals surface area (Å²) in [5.41, 5.74) is 0.224. The number of methoxy groups -OCH3 is 4. The topological polar surface area (TPSA) is 173 Å². The van der Waals surface area contributed by atoms with Crippen molar-refractivity contribution in [1.29, 1.82) is 0 Å². The molecule has 1 aromatic heterocycles. The van der Waals surface area contributed by atoms with Gasteiger partial charge in [-0.3, -0.25) is 14.6 Å². The van der Waals surface area contributed by atoms with Crippen molar-refractivity contribution in [1.82, 2.24) is 20.5 Å². The minimum absolute atomic E-state index is 0.0204. The molecule has 15 nitrogen and oxygen atoms in total. The maximum absolute atomic E-state index is 14.4. The van der Waals surface area contributed by atoms with Gasteiger partial charge in [-0.2, -0.15) is 0 Å². The molecule has 1 aliphatic heterocycles. The molecule has 56 heavy (non-hydrogen) atoms. The minimum Gasteiger partial charge on any atom is -0.488 e. The van der Waals surface area contributed by atoms with E-state index in [1.54, 1.807) is 32.2 Å². The zero-order valence-electron chi connectivity index (χ0n) is 32.9. The number of rotatable bonds is 18. The summed E-state index contributed by atoms with van der Waals surface area (Å²) < 4.78 is 39.1. The van der Waals surface area contributed by atoms with Crippen LogP contribution in [0.2, 0.25) is 5.02 Å². The van der Waals surface area contributed by atoms with Gasteiger partial charge < -0.3 is 48.7 Å². The number of pyridine rings is 1. The number of amides is 3. The van der Waals surface area contributed by atoms with Crippen LogP contribution in [-0.2, 0) is 44.5 Å². The van der Waals surface area contributed by atoms with Crippen molar-refractivity contribution in [2.24, 2.45) is 17.8 Å². The molecule has 0 bridgehead atoms. The molecule has 0 unspecified atom stereocenters. The van der Waals surface area contributed by atoms with Crippen LogP contribution >= 0.6 is 11.6 Å². The third kappa shape index (κ3) is 8.85. The summed E-state index contributed by atoms with van der Waals surface area (Å²) in [6.45, 7) is 7.99. The number of fused-ring (bicyclic) bond motifs is 2. The molecule has 0 radical (unpaired) electrons. The van der Waals surface area contributed by atoms with Crippen LogP contribution in [0.3, 0.4) is 0 Å². The Bertz CT molecular complexity index is 1810. The van der Waals surface area contributed by atoms with Crippen molar-refractivity contribution >= 4 is 46.4 Å². The molecule has 16 heteroatoms. The number of nitrogens with one attached hydrogen (secondary N) is 2. The Kier molecular flexibility index (Phi) is 13.0. The number of carbonyl (C=O) groups excluding carboxylic acids is 4. The molecule has 2 N–H and O–H groups in total. The number of hydrogen-bond acceptors (Lipinski definition) is 12. The molecule has 2 aromatic rings. The van der Waals surface area contributed by atoms with E-state index >= 15 is 0 Å². The van der Waals surface area contributed by atoms with E-state index in [0.717, 1.165) is 12.8 Å². The van der Waals surface area contributed by atoms with E-state index in [2.05, 4.69) is 17.2 Å². The van der Waals surface area contributed by atoms with Gasteiger partial charge in [-0.05, 0) is 68.1 Å². The van der Waals surface area contributed by atoms with Crippen molar-refractivity contribution < 1.29 is 52.3 Å². The summed E-state index contributed by atoms with van der Waals surface area (Å²) in [4.78, 5) is 60.9. The van der Waals surface area contributed by atoms with E-state index < -0.39 is 53.9 Å². The predicted octanol–water partition coefficient (Wildman–Crippen LogP) is 4.35.